The summed E-state index contributed by atoms with van der Waals surface area (Å²) in [6.07, 6.45) is 2.06. The van der Waals surface area contributed by atoms with Gasteiger partial charge in [0.2, 0.25) is 11.8 Å². The first kappa shape index (κ1) is 21.1. The van der Waals surface area contributed by atoms with Gasteiger partial charge in [0.05, 0.1) is 6.04 Å². The fraction of sp³-hybridized carbons (Fsp3) is 0.478. The highest BCUT2D eigenvalue weighted by molar-refractivity contribution is 5.86. The van der Waals surface area contributed by atoms with Crippen molar-refractivity contribution in [1.82, 2.24) is 14.4 Å². The largest absolute Gasteiger partial charge is 0.375 e. The fourth-order valence-electron chi connectivity index (χ4n) is 4.00. The molecule has 0 spiro atoms. The molecule has 6 heteroatoms. The third-order valence-corrected chi connectivity index (χ3v) is 5.51. The van der Waals surface area contributed by atoms with E-state index >= 15 is 0 Å². The van der Waals surface area contributed by atoms with Crippen LogP contribution in [0, 0.1) is 6.92 Å². The standard InChI is InChI=1S/C23H31N3O3/c1-17-9-6-7-10-18(17)22-19-11-8-12-24(19)13-14-25(22)20(27)15-26(23(2,3)4)21(28)16-29-5/h6-12,22H,13-16H2,1-5H3/t22-/m0/s1. The van der Waals surface area contributed by atoms with Crippen molar-refractivity contribution < 1.29 is 14.3 Å². The number of amides is 2. The molecule has 1 aromatic heterocycles. The van der Waals surface area contributed by atoms with Gasteiger partial charge in [-0.2, -0.15) is 0 Å². The van der Waals surface area contributed by atoms with Gasteiger partial charge in [0.1, 0.15) is 13.2 Å². The van der Waals surface area contributed by atoms with Crippen LogP contribution in [0.5, 0.6) is 0 Å². The van der Waals surface area contributed by atoms with E-state index in [1.807, 2.05) is 43.9 Å². The number of hydrogen-bond acceptors (Lipinski definition) is 3. The summed E-state index contributed by atoms with van der Waals surface area (Å²) in [4.78, 5) is 29.6. The van der Waals surface area contributed by atoms with Crippen molar-refractivity contribution in [2.45, 2.75) is 45.8 Å². The van der Waals surface area contributed by atoms with Gasteiger partial charge in [-0.15, -0.1) is 0 Å². The number of benzene rings is 1. The van der Waals surface area contributed by atoms with E-state index in [0.29, 0.717) is 6.54 Å². The van der Waals surface area contributed by atoms with E-state index in [1.54, 1.807) is 4.90 Å². The van der Waals surface area contributed by atoms with Gasteiger partial charge in [0.25, 0.3) is 0 Å². The van der Waals surface area contributed by atoms with Crippen LogP contribution in [0.4, 0.5) is 0 Å². The summed E-state index contributed by atoms with van der Waals surface area (Å²) in [6.45, 7) is 9.25. The van der Waals surface area contributed by atoms with E-state index in [2.05, 4.69) is 35.9 Å². The number of nitrogens with zero attached hydrogens (tertiary/aromatic N) is 3. The predicted molar refractivity (Wildman–Crippen MR) is 113 cm³/mol. The molecule has 29 heavy (non-hydrogen) atoms. The van der Waals surface area contributed by atoms with Crippen LogP contribution in [0.2, 0.25) is 0 Å². The van der Waals surface area contributed by atoms with Gasteiger partial charge in [0.15, 0.2) is 0 Å². The lowest BCUT2D eigenvalue weighted by atomic mass is 9.95. The summed E-state index contributed by atoms with van der Waals surface area (Å²) in [5, 5.41) is 0. The van der Waals surface area contributed by atoms with Crippen LogP contribution in [0.15, 0.2) is 42.6 Å². The van der Waals surface area contributed by atoms with Gasteiger partial charge >= 0.3 is 0 Å². The predicted octanol–water partition coefficient (Wildman–Crippen LogP) is 3.00. The number of aromatic nitrogens is 1. The fourth-order valence-corrected chi connectivity index (χ4v) is 4.00. The van der Waals surface area contributed by atoms with Crippen molar-refractivity contribution in [3.63, 3.8) is 0 Å². The summed E-state index contributed by atoms with van der Waals surface area (Å²) < 4.78 is 7.24. The maximum atomic E-state index is 13.5. The Morgan fingerprint density at radius 1 is 1.14 bits per heavy atom. The molecule has 0 N–H and O–H groups in total. The Morgan fingerprint density at radius 3 is 2.52 bits per heavy atom. The maximum Gasteiger partial charge on any atom is 0.249 e. The minimum Gasteiger partial charge on any atom is -0.375 e. The molecule has 1 atom stereocenters. The second-order valence-corrected chi connectivity index (χ2v) is 8.56. The third-order valence-electron chi connectivity index (χ3n) is 5.51. The van der Waals surface area contributed by atoms with Crippen molar-refractivity contribution >= 4 is 11.8 Å². The van der Waals surface area contributed by atoms with E-state index < -0.39 is 5.54 Å². The van der Waals surface area contributed by atoms with Gasteiger partial charge in [-0.05, 0) is 51.0 Å². The number of methoxy groups -OCH3 is 1. The Bertz CT molecular complexity index is 881. The second kappa shape index (κ2) is 8.41. The van der Waals surface area contributed by atoms with Crippen molar-refractivity contribution in [1.29, 1.82) is 0 Å². The summed E-state index contributed by atoms with van der Waals surface area (Å²) in [5.41, 5.74) is 2.89. The third kappa shape index (κ3) is 4.37. The molecule has 0 saturated carbocycles. The SMILES string of the molecule is COCC(=O)N(CC(=O)N1CCn2cccc2[C@@H]1c1ccccc1C)C(C)(C)C. The molecule has 0 aliphatic carbocycles. The molecular formula is C23H31N3O3. The minimum absolute atomic E-state index is 0.0331. The summed E-state index contributed by atoms with van der Waals surface area (Å²) in [6, 6.07) is 12.1. The van der Waals surface area contributed by atoms with Crippen LogP contribution in [0.1, 0.15) is 43.6 Å². The van der Waals surface area contributed by atoms with Gasteiger partial charge < -0.3 is 19.1 Å². The van der Waals surface area contributed by atoms with E-state index in [-0.39, 0.29) is 31.0 Å². The number of fused-ring (bicyclic) bond motifs is 1. The molecule has 0 unspecified atom stereocenters. The molecule has 2 heterocycles. The summed E-state index contributed by atoms with van der Waals surface area (Å²) in [7, 11) is 1.49. The number of ether oxygens (including phenoxy) is 1. The Kier molecular flexibility index (Phi) is 6.13. The maximum absolute atomic E-state index is 13.5. The molecule has 0 radical (unpaired) electrons. The van der Waals surface area contributed by atoms with Crippen molar-refractivity contribution in [3.8, 4) is 0 Å². The van der Waals surface area contributed by atoms with Gasteiger partial charge in [0, 0.05) is 37.6 Å². The van der Waals surface area contributed by atoms with Crippen LogP contribution in [0.3, 0.4) is 0 Å². The lowest BCUT2D eigenvalue weighted by Gasteiger charge is -2.41. The zero-order valence-electron chi connectivity index (χ0n) is 18.0. The zero-order valence-corrected chi connectivity index (χ0v) is 18.0. The average Bonchev–Trinajstić information content (AvgIpc) is 3.13. The van der Waals surface area contributed by atoms with E-state index in [0.717, 1.165) is 23.4 Å². The van der Waals surface area contributed by atoms with Crippen molar-refractivity contribution in [3.05, 3.63) is 59.4 Å². The van der Waals surface area contributed by atoms with Gasteiger partial charge in [-0.1, -0.05) is 24.3 Å². The Hall–Kier alpha value is -2.60. The molecular weight excluding hydrogens is 366 g/mol. The second-order valence-electron chi connectivity index (χ2n) is 8.56. The van der Waals surface area contributed by atoms with Crippen LogP contribution in [-0.2, 0) is 20.9 Å². The molecule has 1 aliphatic rings. The molecule has 3 rings (SSSR count). The number of carbonyl (C=O) groups is 2. The van der Waals surface area contributed by atoms with E-state index in [1.165, 1.54) is 7.11 Å². The summed E-state index contributed by atoms with van der Waals surface area (Å²) >= 11 is 0. The van der Waals surface area contributed by atoms with Gasteiger partial charge in [-0.25, -0.2) is 0 Å². The first-order valence-corrected chi connectivity index (χ1v) is 10.0. The molecule has 156 valence electrons. The number of carbonyl (C=O) groups excluding carboxylic acids is 2. The molecule has 2 amide bonds. The number of aryl methyl sites for hydroxylation is 1. The van der Waals surface area contributed by atoms with E-state index in [9.17, 15) is 9.59 Å². The molecule has 0 bridgehead atoms. The first-order chi connectivity index (χ1) is 13.7. The van der Waals surface area contributed by atoms with Crippen LogP contribution in [-0.4, -0.2) is 58.5 Å². The van der Waals surface area contributed by atoms with Gasteiger partial charge in [-0.3, -0.25) is 9.59 Å². The lowest BCUT2D eigenvalue weighted by Crippen LogP contribution is -2.54. The smallest absolute Gasteiger partial charge is 0.249 e. The molecule has 2 aromatic rings. The van der Waals surface area contributed by atoms with Crippen molar-refractivity contribution in [2.75, 3.05) is 26.8 Å². The number of hydrogen-bond donors (Lipinski definition) is 0. The topological polar surface area (TPSA) is 54.8 Å². The molecule has 1 aliphatic heterocycles. The quantitative estimate of drug-likeness (QED) is 0.779. The number of rotatable bonds is 5. The highest BCUT2D eigenvalue weighted by Crippen LogP contribution is 2.34. The first-order valence-electron chi connectivity index (χ1n) is 10.0. The highest BCUT2D eigenvalue weighted by atomic mass is 16.5. The monoisotopic (exact) mass is 397 g/mol. The van der Waals surface area contributed by atoms with Crippen LogP contribution >= 0.6 is 0 Å². The molecule has 0 fully saturated rings. The van der Waals surface area contributed by atoms with Crippen LogP contribution in [0.25, 0.3) is 0 Å². The minimum atomic E-state index is -0.473. The summed E-state index contributed by atoms with van der Waals surface area (Å²) in [5.74, 6) is -0.230. The van der Waals surface area contributed by atoms with Crippen LogP contribution < -0.4 is 0 Å². The normalized spacial score (nSPS) is 16.4. The Morgan fingerprint density at radius 2 is 1.86 bits per heavy atom. The molecule has 6 nitrogen and oxygen atoms in total. The lowest BCUT2D eigenvalue weighted by molar-refractivity contribution is -0.148. The Labute approximate surface area is 173 Å². The zero-order chi connectivity index (χ0) is 21.2. The molecule has 0 saturated heterocycles. The highest BCUT2D eigenvalue weighted by Gasteiger charge is 2.36. The Balaban J connectivity index is 1.94. The van der Waals surface area contributed by atoms with Crippen molar-refractivity contribution in [2.24, 2.45) is 0 Å². The average molecular weight is 398 g/mol. The van der Waals surface area contributed by atoms with E-state index in [4.69, 9.17) is 4.74 Å². The molecule has 1 aromatic carbocycles.